The number of hydrogen-bond acceptors (Lipinski definition) is 0. The summed E-state index contributed by atoms with van der Waals surface area (Å²) in [7, 11) is 0. The van der Waals surface area contributed by atoms with Gasteiger partial charge >= 0.3 is 0 Å². The third-order valence-corrected chi connectivity index (χ3v) is 0.788. The molecule has 0 N–H and O–H groups in total. The highest BCUT2D eigenvalue weighted by molar-refractivity contribution is 6.18. The molecule has 0 unspecified atom stereocenters. The van der Waals surface area contributed by atoms with E-state index in [9.17, 15) is 0 Å². The standard InChI is InChI=1S/C6H11Cl/c1-6(2)4-3-5-7/h3-4,6H,5H2,1-2H3/b4-3-. The van der Waals surface area contributed by atoms with Crippen molar-refractivity contribution in [3.63, 3.8) is 0 Å². The minimum atomic E-state index is 0.637. The van der Waals surface area contributed by atoms with Gasteiger partial charge in [0.15, 0.2) is 0 Å². The molecule has 0 bridgehead atoms. The van der Waals surface area contributed by atoms with Gasteiger partial charge in [0.25, 0.3) is 0 Å². The van der Waals surface area contributed by atoms with Gasteiger partial charge in [-0.2, -0.15) is 0 Å². The Morgan fingerprint density at radius 1 is 1.57 bits per heavy atom. The van der Waals surface area contributed by atoms with Gasteiger partial charge in [0.1, 0.15) is 0 Å². The van der Waals surface area contributed by atoms with Crippen LogP contribution in [0.15, 0.2) is 12.2 Å². The molecular formula is C6H11Cl. The fourth-order valence-corrected chi connectivity index (χ4v) is 0.426. The number of hydrogen-bond donors (Lipinski definition) is 0. The molecule has 7 heavy (non-hydrogen) atoms. The molecule has 0 spiro atoms. The fraction of sp³-hybridized carbons (Fsp3) is 0.667. The van der Waals surface area contributed by atoms with E-state index in [1.165, 1.54) is 0 Å². The van der Waals surface area contributed by atoms with Crippen LogP contribution in [0.2, 0.25) is 0 Å². The Labute approximate surface area is 50.2 Å². The molecule has 0 aliphatic rings. The van der Waals surface area contributed by atoms with Crippen LogP contribution >= 0.6 is 11.6 Å². The highest BCUT2D eigenvalue weighted by Crippen LogP contribution is 1.92. The van der Waals surface area contributed by atoms with Crippen molar-refractivity contribution in [1.82, 2.24) is 0 Å². The van der Waals surface area contributed by atoms with Crippen LogP contribution in [0.5, 0.6) is 0 Å². The summed E-state index contributed by atoms with van der Waals surface area (Å²) < 4.78 is 0. The van der Waals surface area contributed by atoms with Crippen molar-refractivity contribution in [2.24, 2.45) is 5.92 Å². The Kier molecular flexibility index (Phi) is 4.21. The first kappa shape index (κ1) is 7.03. The van der Waals surface area contributed by atoms with Crippen LogP contribution in [0, 0.1) is 5.92 Å². The lowest BCUT2D eigenvalue weighted by atomic mass is 10.2. The Bertz CT molecular complexity index is 55.2. The predicted octanol–water partition coefficient (Wildman–Crippen LogP) is 2.44. The monoisotopic (exact) mass is 118 g/mol. The topological polar surface area (TPSA) is 0 Å². The molecule has 0 amide bonds. The Balaban J connectivity index is 3.08. The minimum Gasteiger partial charge on any atom is -0.122 e. The number of rotatable bonds is 2. The van der Waals surface area contributed by atoms with Crippen LogP contribution in [0.25, 0.3) is 0 Å². The van der Waals surface area contributed by atoms with E-state index in [0.29, 0.717) is 11.8 Å². The highest BCUT2D eigenvalue weighted by Gasteiger charge is 1.78. The second-order valence-electron chi connectivity index (χ2n) is 1.83. The van der Waals surface area contributed by atoms with Gasteiger partial charge in [-0.15, -0.1) is 11.6 Å². The van der Waals surface area contributed by atoms with E-state index in [-0.39, 0.29) is 0 Å². The molecule has 0 radical (unpaired) electrons. The third-order valence-electron chi connectivity index (χ3n) is 0.610. The first-order chi connectivity index (χ1) is 3.27. The van der Waals surface area contributed by atoms with Crippen LogP contribution in [0.1, 0.15) is 13.8 Å². The molecule has 0 fully saturated rings. The Hall–Kier alpha value is 0.0300. The molecule has 0 nitrogen and oxygen atoms in total. The van der Waals surface area contributed by atoms with Crippen molar-refractivity contribution in [2.45, 2.75) is 13.8 Å². The molecule has 0 heterocycles. The van der Waals surface area contributed by atoms with E-state index in [4.69, 9.17) is 11.6 Å². The molecule has 0 atom stereocenters. The van der Waals surface area contributed by atoms with Crippen molar-refractivity contribution < 1.29 is 0 Å². The van der Waals surface area contributed by atoms with Crippen LogP contribution in [-0.2, 0) is 0 Å². The quantitative estimate of drug-likeness (QED) is 0.386. The van der Waals surface area contributed by atoms with E-state index >= 15 is 0 Å². The molecule has 0 aliphatic carbocycles. The normalized spacial score (nSPS) is 11.4. The van der Waals surface area contributed by atoms with Crippen LogP contribution < -0.4 is 0 Å². The first-order valence-electron chi connectivity index (χ1n) is 2.50. The van der Waals surface area contributed by atoms with Crippen molar-refractivity contribution in [1.29, 1.82) is 0 Å². The van der Waals surface area contributed by atoms with Gasteiger partial charge in [-0.25, -0.2) is 0 Å². The minimum absolute atomic E-state index is 0.637. The maximum Gasteiger partial charge on any atom is 0.0404 e. The molecule has 0 aromatic carbocycles. The Morgan fingerprint density at radius 2 is 2.14 bits per heavy atom. The van der Waals surface area contributed by atoms with Gasteiger partial charge in [0.2, 0.25) is 0 Å². The summed E-state index contributed by atoms with van der Waals surface area (Å²) in [6.45, 7) is 4.26. The van der Waals surface area contributed by atoms with E-state index in [1.807, 2.05) is 6.08 Å². The Morgan fingerprint density at radius 3 is 2.29 bits per heavy atom. The van der Waals surface area contributed by atoms with Gasteiger partial charge in [-0.05, 0) is 5.92 Å². The SMILES string of the molecule is CC(C)/C=C\CCl. The van der Waals surface area contributed by atoms with Gasteiger partial charge in [0, 0.05) is 5.88 Å². The van der Waals surface area contributed by atoms with E-state index < -0.39 is 0 Å². The van der Waals surface area contributed by atoms with Gasteiger partial charge in [-0.3, -0.25) is 0 Å². The highest BCUT2D eigenvalue weighted by atomic mass is 35.5. The molecule has 0 aromatic rings. The molecule has 42 valence electrons. The van der Waals surface area contributed by atoms with Gasteiger partial charge in [0.05, 0.1) is 0 Å². The summed E-state index contributed by atoms with van der Waals surface area (Å²) in [4.78, 5) is 0. The van der Waals surface area contributed by atoms with Gasteiger partial charge in [-0.1, -0.05) is 26.0 Å². The second-order valence-corrected chi connectivity index (χ2v) is 2.14. The van der Waals surface area contributed by atoms with Crippen LogP contribution in [0.4, 0.5) is 0 Å². The lowest BCUT2D eigenvalue weighted by Crippen LogP contribution is -1.75. The molecular weight excluding hydrogens is 108 g/mol. The predicted molar refractivity (Wildman–Crippen MR) is 34.7 cm³/mol. The third kappa shape index (κ3) is 6.03. The summed E-state index contributed by atoms with van der Waals surface area (Å²) in [5, 5.41) is 0. The largest absolute Gasteiger partial charge is 0.122 e. The summed E-state index contributed by atoms with van der Waals surface area (Å²) in [5.41, 5.74) is 0. The maximum atomic E-state index is 5.36. The zero-order chi connectivity index (χ0) is 5.70. The van der Waals surface area contributed by atoms with E-state index in [1.54, 1.807) is 0 Å². The number of halogens is 1. The zero-order valence-corrected chi connectivity index (χ0v) is 5.57. The average molecular weight is 119 g/mol. The number of alkyl halides is 1. The summed E-state index contributed by atoms with van der Waals surface area (Å²) in [5.74, 6) is 1.27. The summed E-state index contributed by atoms with van der Waals surface area (Å²) in [6.07, 6.45) is 4.05. The van der Waals surface area contributed by atoms with E-state index in [0.717, 1.165) is 0 Å². The van der Waals surface area contributed by atoms with Crippen molar-refractivity contribution >= 4 is 11.6 Å². The lowest BCUT2D eigenvalue weighted by molar-refractivity contribution is 0.830. The summed E-state index contributed by atoms with van der Waals surface area (Å²) >= 11 is 5.36. The maximum absolute atomic E-state index is 5.36. The fourth-order valence-electron chi connectivity index (χ4n) is 0.324. The molecule has 0 saturated heterocycles. The smallest absolute Gasteiger partial charge is 0.0404 e. The van der Waals surface area contributed by atoms with Crippen molar-refractivity contribution in [3.8, 4) is 0 Å². The molecule has 0 aliphatic heterocycles. The first-order valence-corrected chi connectivity index (χ1v) is 3.03. The van der Waals surface area contributed by atoms with Crippen LogP contribution in [0.3, 0.4) is 0 Å². The number of allylic oxidation sites excluding steroid dienone is 2. The average Bonchev–Trinajstić information content (AvgIpc) is 1.61. The molecule has 1 heteroatoms. The summed E-state index contributed by atoms with van der Waals surface area (Å²) in [6, 6.07) is 0. The molecule has 0 aromatic heterocycles. The second kappa shape index (κ2) is 4.20. The van der Waals surface area contributed by atoms with Crippen LogP contribution in [-0.4, -0.2) is 5.88 Å². The van der Waals surface area contributed by atoms with Gasteiger partial charge < -0.3 is 0 Å². The lowest BCUT2D eigenvalue weighted by Gasteiger charge is -1.88. The van der Waals surface area contributed by atoms with Crippen molar-refractivity contribution in [2.75, 3.05) is 5.88 Å². The molecule has 0 rings (SSSR count). The van der Waals surface area contributed by atoms with E-state index in [2.05, 4.69) is 19.9 Å². The van der Waals surface area contributed by atoms with Crippen molar-refractivity contribution in [3.05, 3.63) is 12.2 Å². The molecule has 0 saturated carbocycles. The zero-order valence-electron chi connectivity index (χ0n) is 4.82.